The maximum absolute atomic E-state index is 11.3. The van der Waals surface area contributed by atoms with Crippen LogP contribution < -0.4 is 5.32 Å². The van der Waals surface area contributed by atoms with Crippen LogP contribution in [0, 0.1) is 0 Å². The van der Waals surface area contributed by atoms with Gasteiger partial charge in [0.15, 0.2) is 0 Å². The summed E-state index contributed by atoms with van der Waals surface area (Å²) in [5.74, 6) is -0.195. The Hall–Kier alpha value is -1.61. The minimum atomic E-state index is -0.490. The quantitative estimate of drug-likeness (QED) is 0.743. The lowest BCUT2D eigenvalue weighted by atomic mass is 10.1. The second kappa shape index (κ2) is 4.75. The van der Waals surface area contributed by atoms with Crippen LogP contribution in [0.1, 0.15) is 25.5 Å². The number of aliphatic hydroxyl groups excluding tert-OH is 1. The largest absolute Gasteiger partial charge is 0.389 e. The molecule has 80 valence electrons. The van der Waals surface area contributed by atoms with Crippen LogP contribution in [0.25, 0.3) is 0 Å². The Bertz CT molecular complexity index is 366. The van der Waals surface area contributed by atoms with Gasteiger partial charge in [-0.25, -0.2) is 0 Å². The maximum Gasteiger partial charge on any atom is 0.250 e. The number of hydrogen-bond acceptors (Lipinski definition) is 2. The fourth-order valence-electron chi connectivity index (χ4n) is 1.08. The van der Waals surface area contributed by atoms with Crippen molar-refractivity contribution in [2.45, 2.75) is 20.0 Å². The third kappa shape index (κ3) is 3.22. The van der Waals surface area contributed by atoms with Gasteiger partial charge in [0, 0.05) is 11.3 Å². The molecule has 0 fully saturated rings. The zero-order valence-electron chi connectivity index (χ0n) is 8.95. The lowest BCUT2D eigenvalue weighted by Gasteiger charge is -2.07. The number of hydrogen-bond donors (Lipinski definition) is 2. The van der Waals surface area contributed by atoms with Gasteiger partial charge in [0.05, 0.1) is 6.10 Å². The number of carbonyl (C=O) groups excluding carboxylic acids is 1. The fourth-order valence-corrected chi connectivity index (χ4v) is 1.08. The highest BCUT2D eigenvalue weighted by Gasteiger charge is 2.03. The van der Waals surface area contributed by atoms with Gasteiger partial charge in [0.1, 0.15) is 0 Å². The molecule has 1 amide bonds. The first-order chi connectivity index (χ1) is 7.00. The third-order valence-corrected chi connectivity index (χ3v) is 2.04. The molecule has 0 heterocycles. The average molecular weight is 205 g/mol. The van der Waals surface area contributed by atoms with Crippen molar-refractivity contribution in [1.29, 1.82) is 0 Å². The van der Waals surface area contributed by atoms with E-state index in [1.807, 2.05) is 0 Å². The molecule has 1 atom stereocenters. The van der Waals surface area contributed by atoms with E-state index < -0.39 is 6.10 Å². The zero-order chi connectivity index (χ0) is 11.4. The number of nitrogens with one attached hydrogen (secondary N) is 1. The van der Waals surface area contributed by atoms with Gasteiger partial charge in [0.25, 0.3) is 5.91 Å². The summed E-state index contributed by atoms with van der Waals surface area (Å²) in [6.07, 6.45) is -0.490. The standard InChI is InChI=1S/C12H15NO2/c1-8(2)12(15)13-11-6-4-10(5-7-11)9(3)14/h4-7,9,14H,1H2,2-3H3,(H,13,15). The highest BCUT2D eigenvalue weighted by molar-refractivity contribution is 6.02. The van der Waals surface area contributed by atoms with E-state index >= 15 is 0 Å². The Morgan fingerprint density at radius 3 is 2.33 bits per heavy atom. The van der Waals surface area contributed by atoms with E-state index in [4.69, 9.17) is 0 Å². The molecule has 0 bridgehead atoms. The lowest BCUT2D eigenvalue weighted by molar-refractivity contribution is -0.112. The van der Waals surface area contributed by atoms with Gasteiger partial charge < -0.3 is 10.4 Å². The van der Waals surface area contributed by atoms with Crippen molar-refractivity contribution >= 4 is 11.6 Å². The van der Waals surface area contributed by atoms with E-state index in [0.717, 1.165) is 5.56 Å². The third-order valence-electron chi connectivity index (χ3n) is 2.04. The Morgan fingerprint density at radius 2 is 1.93 bits per heavy atom. The van der Waals surface area contributed by atoms with Crippen LogP contribution in [0.3, 0.4) is 0 Å². The van der Waals surface area contributed by atoms with Crippen molar-refractivity contribution in [2.75, 3.05) is 5.32 Å². The maximum atomic E-state index is 11.3. The fraction of sp³-hybridized carbons (Fsp3) is 0.250. The molecule has 0 aliphatic heterocycles. The van der Waals surface area contributed by atoms with Crippen LogP contribution in [-0.4, -0.2) is 11.0 Å². The first-order valence-electron chi connectivity index (χ1n) is 4.75. The minimum Gasteiger partial charge on any atom is -0.389 e. The van der Waals surface area contributed by atoms with Crippen molar-refractivity contribution in [3.63, 3.8) is 0 Å². The van der Waals surface area contributed by atoms with Gasteiger partial charge in [0.2, 0.25) is 0 Å². The predicted octanol–water partition coefficient (Wildman–Crippen LogP) is 2.25. The Labute approximate surface area is 89.4 Å². The first kappa shape index (κ1) is 11.5. The Balaban J connectivity index is 2.73. The number of rotatable bonds is 3. The summed E-state index contributed by atoms with van der Waals surface area (Å²) in [5, 5.41) is 12.0. The molecule has 0 spiro atoms. The summed E-state index contributed by atoms with van der Waals surface area (Å²) in [6.45, 7) is 6.89. The summed E-state index contributed by atoms with van der Waals surface area (Å²) in [4.78, 5) is 11.3. The first-order valence-corrected chi connectivity index (χ1v) is 4.75. The molecule has 0 saturated heterocycles. The van der Waals surface area contributed by atoms with Gasteiger partial charge >= 0.3 is 0 Å². The summed E-state index contributed by atoms with van der Waals surface area (Å²) in [6, 6.07) is 7.06. The molecule has 1 unspecified atom stereocenters. The molecule has 1 rings (SSSR count). The summed E-state index contributed by atoms with van der Waals surface area (Å²) >= 11 is 0. The van der Waals surface area contributed by atoms with Gasteiger partial charge in [-0.2, -0.15) is 0 Å². The van der Waals surface area contributed by atoms with Crippen molar-refractivity contribution in [3.05, 3.63) is 42.0 Å². The Morgan fingerprint density at radius 1 is 1.40 bits per heavy atom. The second-order valence-corrected chi connectivity index (χ2v) is 3.53. The van der Waals surface area contributed by atoms with Crippen LogP contribution in [0.2, 0.25) is 0 Å². The summed E-state index contributed by atoms with van der Waals surface area (Å²) in [7, 11) is 0. The lowest BCUT2D eigenvalue weighted by Crippen LogP contribution is -2.11. The molecule has 0 aliphatic carbocycles. The van der Waals surface area contributed by atoms with E-state index in [0.29, 0.717) is 11.3 Å². The SMILES string of the molecule is C=C(C)C(=O)Nc1ccc(C(C)O)cc1. The highest BCUT2D eigenvalue weighted by atomic mass is 16.3. The van der Waals surface area contributed by atoms with Crippen LogP contribution in [0.15, 0.2) is 36.4 Å². The Kier molecular flexibility index (Phi) is 3.63. The number of aliphatic hydroxyl groups is 1. The van der Waals surface area contributed by atoms with Crippen LogP contribution in [0.4, 0.5) is 5.69 Å². The van der Waals surface area contributed by atoms with Crippen molar-refractivity contribution in [1.82, 2.24) is 0 Å². The highest BCUT2D eigenvalue weighted by Crippen LogP contribution is 2.15. The zero-order valence-corrected chi connectivity index (χ0v) is 8.95. The normalized spacial score (nSPS) is 11.9. The molecular weight excluding hydrogens is 190 g/mol. The summed E-state index contributed by atoms with van der Waals surface area (Å²) < 4.78 is 0. The van der Waals surface area contributed by atoms with Crippen LogP contribution in [0.5, 0.6) is 0 Å². The smallest absolute Gasteiger partial charge is 0.250 e. The molecule has 3 heteroatoms. The van der Waals surface area contributed by atoms with Gasteiger partial charge in [-0.05, 0) is 31.5 Å². The predicted molar refractivity (Wildman–Crippen MR) is 60.5 cm³/mol. The number of benzene rings is 1. The minimum absolute atomic E-state index is 0.195. The molecule has 0 aliphatic rings. The summed E-state index contributed by atoms with van der Waals surface area (Å²) in [5.41, 5.74) is 1.99. The van der Waals surface area contributed by atoms with E-state index in [-0.39, 0.29) is 5.91 Å². The molecule has 15 heavy (non-hydrogen) atoms. The molecule has 3 nitrogen and oxygen atoms in total. The number of amides is 1. The van der Waals surface area contributed by atoms with Crippen LogP contribution in [-0.2, 0) is 4.79 Å². The van der Waals surface area contributed by atoms with Gasteiger partial charge in [-0.15, -0.1) is 0 Å². The van der Waals surface area contributed by atoms with Gasteiger partial charge in [-0.1, -0.05) is 18.7 Å². The number of anilines is 1. The van der Waals surface area contributed by atoms with Crippen molar-refractivity contribution < 1.29 is 9.90 Å². The van der Waals surface area contributed by atoms with Gasteiger partial charge in [-0.3, -0.25) is 4.79 Å². The molecule has 1 aromatic carbocycles. The molecule has 0 radical (unpaired) electrons. The molecule has 0 aromatic heterocycles. The second-order valence-electron chi connectivity index (χ2n) is 3.53. The van der Waals surface area contributed by atoms with Crippen LogP contribution >= 0.6 is 0 Å². The van der Waals surface area contributed by atoms with Crippen molar-refractivity contribution in [3.8, 4) is 0 Å². The van der Waals surface area contributed by atoms with E-state index in [1.54, 1.807) is 38.1 Å². The van der Waals surface area contributed by atoms with E-state index in [2.05, 4.69) is 11.9 Å². The topological polar surface area (TPSA) is 49.3 Å². The molecule has 1 aromatic rings. The molecule has 2 N–H and O–H groups in total. The molecular formula is C12H15NO2. The van der Waals surface area contributed by atoms with E-state index in [1.165, 1.54) is 0 Å². The molecule has 0 saturated carbocycles. The monoisotopic (exact) mass is 205 g/mol. The van der Waals surface area contributed by atoms with Crippen molar-refractivity contribution in [2.24, 2.45) is 0 Å². The number of carbonyl (C=O) groups is 1. The average Bonchev–Trinajstić information content (AvgIpc) is 2.18. The van der Waals surface area contributed by atoms with E-state index in [9.17, 15) is 9.90 Å².